The molecule has 2 aliphatic rings. The molecular formula is C14H20N2O2S. The average Bonchev–Trinajstić information content (AvgIpc) is 2.68. The minimum Gasteiger partial charge on any atom is -0.444 e. The summed E-state index contributed by atoms with van der Waals surface area (Å²) in [7, 11) is 0. The van der Waals surface area contributed by atoms with Crippen LogP contribution in [0.25, 0.3) is 0 Å². The fourth-order valence-corrected chi connectivity index (χ4v) is 3.66. The van der Waals surface area contributed by atoms with Crippen LogP contribution < -0.4 is 0 Å². The van der Waals surface area contributed by atoms with E-state index in [1.165, 1.54) is 5.69 Å². The van der Waals surface area contributed by atoms with Gasteiger partial charge in [0.15, 0.2) is 0 Å². The minimum atomic E-state index is -0.422. The van der Waals surface area contributed by atoms with Crippen molar-refractivity contribution < 1.29 is 9.53 Å². The van der Waals surface area contributed by atoms with Gasteiger partial charge in [0, 0.05) is 23.9 Å². The number of thiazole rings is 1. The standard InChI is InChI=1S/C14H20N2O2S/c1-9-15-11(7-19-9)14-5-10(14)6-16(8-14)12(17)18-13(2,3)4/h7,10H,5-6,8H2,1-4H3. The largest absolute Gasteiger partial charge is 0.444 e. The Labute approximate surface area is 117 Å². The number of piperidine rings is 1. The van der Waals surface area contributed by atoms with E-state index >= 15 is 0 Å². The van der Waals surface area contributed by atoms with E-state index in [0.29, 0.717) is 5.92 Å². The van der Waals surface area contributed by atoms with Crippen molar-refractivity contribution >= 4 is 17.4 Å². The van der Waals surface area contributed by atoms with E-state index in [0.717, 1.165) is 24.5 Å². The van der Waals surface area contributed by atoms with E-state index in [-0.39, 0.29) is 11.5 Å². The van der Waals surface area contributed by atoms with Gasteiger partial charge >= 0.3 is 6.09 Å². The molecule has 2 atom stereocenters. The van der Waals surface area contributed by atoms with Crippen LogP contribution in [0.2, 0.25) is 0 Å². The Morgan fingerprint density at radius 3 is 2.89 bits per heavy atom. The van der Waals surface area contributed by atoms with Crippen molar-refractivity contribution in [2.45, 2.75) is 45.1 Å². The van der Waals surface area contributed by atoms with Crippen molar-refractivity contribution in [1.82, 2.24) is 9.88 Å². The molecule has 2 heterocycles. The number of ether oxygens (including phenoxy) is 1. The molecule has 1 saturated carbocycles. The number of rotatable bonds is 1. The van der Waals surface area contributed by atoms with E-state index in [1.54, 1.807) is 11.3 Å². The maximum atomic E-state index is 12.1. The number of hydrogen-bond donors (Lipinski definition) is 0. The molecule has 1 saturated heterocycles. The molecule has 1 aliphatic carbocycles. The second-order valence-electron chi connectivity index (χ2n) is 6.67. The Hall–Kier alpha value is -1.10. The number of hydrogen-bond acceptors (Lipinski definition) is 4. The first-order valence-electron chi connectivity index (χ1n) is 6.71. The minimum absolute atomic E-state index is 0.127. The number of aryl methyl sites for hydroxylation is 1. The summed E-state index contributed by atoms with van der Waals surface area (Å²) in [5.74, 6) is 0.571. The SMILES string of the molecule is Cc1nc(C23CC2CN(C(=O)OC(C)(C)C)C3)cs1. The highest BCUT2D eigenvalue weighted by atomic mass is 32.1. The van der Waals surface area contributed by atoms with Gasteiger partial charge in [-0.25, -0.2) is 9.78 Å². The van der Waals surface area contributed by atoms with Crippen molar-refractivity contribution in [3.05, 3.63) is 16.1 Å². The van der Waals surface area contributed by atoms with Gasteiger partial charge in [-0.2, -0.15) is 0 Å². The van der Waals surface area contributed by atoms with Crippen LogP contribution in [0.1, 0.15) is 37.9 Å². The highest BCUT2D eigenvalue weighted by molar-refractivity contribution is 7.09. The van der Waals surface area contributed by atoms with Gasteiger partial charge < -0.3 is 9.64 Å². The molecule has 0 aromatic carbocycles. The van der Waals surface area contributed by atoms with Gasteiger partial charge in [-0.3, -0.25) is 0 Å². The molecular weight excluding hydrogens is 260 g/mol. The topological polar surface area (TPSA) is 42.4 Å². The molecule has 0 spiro atoms. The van der Waals surface area contributed by atoms with Crippen LogP contribution in [0, 0.1) is 12.8 Å². The Morgan fingerprint density at radius 2 is 2.32 bits per heavy atom. The molecule has 104 valence electrons. The van der Waals surface area contributed by atoms with E-state index in [4.69, 9.17) is 4.74 Å². The Morgan fingerprint density at radius 1 is 1.58 bits per heavy atom. The lowest BCUT2D eigenvalue weighted by Crippen LogP contribution is -2.37. The highest BCUT2D eigenvalue weighted by Gasteiger charge is 2.63. The Balaban J connectivity index is 1.70. The number of carbonyl (C=O) groups is 1. The second-order valence-corrected chi connectivity index (χ2v) is 7.73. The third-order valence-corrected chi connectivity index (χ3v) is 4.70. The van der Waals surface area contributed by atoms with Crippen LogP contribution in [0.4, 0.5) is 4.79 Å². The molecule has 1 amide bonds. The third-order valence-electron chi connectivity index (χ3n) is 3.93. The Bertz CT molecular complexity index is 520. The predicted molar refractivity (Wildman–Crippen MR) is 74.4 cm³/mol. The molecule has 3 rings (SSSR count). The lowest BCUT2D eigenvalue weighted by molar-refractivity contribution is 0.0270. The maximum Gasteiger partial charge on any atom is 0.410 e. The lowest BCUT2D eigenvalue weighted by Gasteiger charge is -2.26. The first-order valence-corrected chi connectivity index (χ1v) is 7.59. The van der Waals surface area contributed by atoms with Crippen LogP contribution in [0.15, 0.2) is 5.38 Å². The number of carbonyl (C=O) groups excluding carboxylic acids is 1. The fraction of sp³-hybridized carbons (Fsp3) is 0.714. The van der Waals surface area contributed by atoms with Gasteiger partial charge in [0.2, 0.25) is 0 Å². The van der Waals surface area contributed by atoms with E-state index in [2.05, 4.69) is 10.4 Å². The maximum absolute atomic E-state index is 12.1. The zero-order valence-corrected chi connectivity index (χ0v) is 12.7. The highest BCUT2D eigenvalue weighted by Crippen LogP contribution is 2.59. The molecule has 0 radical (unpaired) electrons. The first kappa shape index (κ1) is 12.9. The van der Waals surface area contributed by atoms with Gasteiger partial charge in [-0.1, -0.05) is 0 Å². The predicted octanol–water partition coefficient (Wildman–Crippen LogP) is 2.96. The lowest BCUT2D eigenvalue weighted by atomic mass is 10.0. The summed E-state index contributed by atoms with van der Waals surface area (Å²) in [6.45, 7) is 9.31. The van der Waals surface area contributed by atoms with Crippen LogP contribution in [-0.4, -0.2) is 34.7 Å². The molecule has 19 heavy (non-hydrogen) atoms. The van der Waals surface area contributed by atoms with Crippen molar-refractivity contribution in [1.29, 1.82) is 0 Å². The van der Waals surface area contributed by atoms with Crippen LogP contribution in [-0.2, 0) is 10.2 Å². The van der Waals surface area contributed by atoms with E-state index in [1.807, 2.05) is 32.6 Å². The number of amides is 1. The normalized spacial score (nSPS) is 29.3. The molecule has 0 N–H and O–H groups in total. The molecule has 1 aromatic rings. The van der Waals surface area contributed by atoms with Crippen LogP contribution in [0.5, 0.6) is 0 Å². The van der Waals surface area contributed by atoms with E-state index < -0.39 is 5.60 Å². The number of nitrogens with zero attached hydrogens (tertiary/aromatic N) is 2. The number of likely N-dealkylation sites (tertiary alicyclic amines) is 1. The molecule has 4 nitrogen and oxygen atoms in total. The summed E-state index contributed by atoms with van der Waals surface area (Å²) in [6.07, 6.45) is 0.973. The summed E-state index contributed by atoms with van der Waals surface area (Å²) >= 11 is 1.69. The molecule has 2 unspecified atom stereocenters. The first-order chi connectivity index (χ1) is 8.80. The smallest absolute Gasteiger partial charge is 0.410 e. The molecule has 0 bridgehead atoms. The molecule has 1 aliphatic heterocycles. The Kier molecular flexibility index (Phi) is 2.68. The van der Waals surface area contributed by atoms with Crippen LogP contribution in [0.3, 0.4) is 0 Å². The van der Waals surface area contributed by atoms with Crippen molar-refractivity contribution in [2.75, 3.05) is 13.1 Å². The van der Waals surface area contributed by atoms with Crippen molar-refractivity contribution in [3.8, 4) is 0 Å². The molecule has 5 heteroatoms. The summed E-state index contributed by atoms with van der Waals surface area (Å²) in [4.78, 5) is 18.5. The second kappa shape index (κ2) is 3.95. The number of aromatic nitrogens is 1. The zero-order chi connectivity index (χ0) is 13.8. The summed E-state index contributed by atoms with van der Waals surface area (Å²) in [5.41, 5.74) is 0.877. The van der Waals surface area contributed by atoms with Gasteiger partial charge in [0.1, 0.15) is 5.60 Å². The number of fused-ring (bicyclic) bond motifs is 1. The van der Waals surface area contributed by atoms with E-state index in [9.17, 15) is 4.79 Å². The van der Waals surface area contributed by atoms with Crippen LogP contribution >= 0.6 is 11.3 Å². The third kappa shape index (κ3) is 2.24. The quantitative estimate of drug-likeness (QED) is 0.794. The van der Waals surface area contributed by atoms with Gasteiger partial charge in [-0.05, 0) is 40.0 Å². The summed E-state index contributed by atoms with van der Waals surface area (Å²) in [5, 5.41) is 3.25. The van der Waals surface area contributed by atoms with Gasteiger partial charge in [0.25, 0.3) is 0 Å². The zero-order valence-electron chi connectivity index (χ0n) is 11.9. The summed E-state index contributed by atoms with van der Waals surface area (Å²) < 4.78 is 5.45. The van der Waals surface area contributed by atoms with Crippen molar-refractivity contribution in [2.24, 2.45) is 5.92 Å². The monoisotopic (exact) mass is 280 g/mol. The average molecular weight is 280 g/mol. The molecule has 2 fully saturated rings. The van der Waals surface area contributed by atoms with Gasteiger partial charge in [-0.15, -0.1) is 11.3 Å². The van der Waals surface area contributed by atoms with Gasteiger partial charge in [0.05, 0.1) is 10.7 Å². The fourth-order valence-electron chi connectivity index (χ4n) is 2.94. The van der Waals surface area contributed by atoms with Crippen molar-refractivity contribution in [3.63, 3.8) is 0 Å². The summed E-state index contributed by atoms with van der Waals surface area (Å²) in [6, 6.07) is 0. The molecule has 1 aromatic heterocycles.